The van der Waals surface area contributed by atoms with E-state index in [9.17, 15) is 0 Å². The smallest absolute Gasteiger partial charge is 0.0495 e. The Balaban J connectivity index is 2.07. The van der Waals surface area contributed by atoms with Gasteiger partial charge in [-0.3, -0.25) is 0 Å². The summed E-state index contributed by atoms with van der Waals surface area (Å²) in [7, 11) is 2.17. The third-order valence-corrected chi connectivity index (χ3v) is 4.85. The monoisotopic (exact) mass is 313 g/mol. The van der Waals surface area contributed by atoms with E-state index in [2.05, 4.69) is 92.2 Å². The lowest BCUT2D eigenvalue weighted by Gasteiger charge is -2.13. The van der Waals surface area contributed by atoms with E-state index in [0.717, 1.165) is 6.42 Å². The molecule has 0 aliphatic heterocycles. The summed E-state index contributed by atoms with van der Waals surface area (Å²) in [6.07, 6.45) is 1.10. The minimum atomic E-state index is 0.639. The zero-order chi connectivity index (χ0) is 16.7. The van der Waals surface area contributed by atoms with Crippen LogP contribution in [-0.2, 0) is 13.5 Å². The SMILES string of the molecule is CC(C)Cc1cc2c3ccccc3n(C)c2cc1-c1ccccc1. The van der Waals surface area contributed by atoms with Gasteiger partial charge < -0.3 is 4.57 Å². The highest BCUT2D eigenvalue weighted by molar-refractivity contribution is 6.09. The highest BCUT2D eigenvalue weighted by atomic mass is 14.9. The fraction of sp³-hybridized carbons (Fsp3) is 0.217. The van der Waals surface area contributed by atoms with Crippen LogP contribution in [0, 0.1) is 5.92 Å². The molecule has 0 amide bonds. The van der Waals surface area contributed by atoms with Gasteiger partial charge in [0.05, 0.1) is 0 Å². The summed E-state index contributed by atoms with van der Waals surface area (Å²) in [4.78, 5) is 0. The van der Waals surface area contributed by atoms with Crippen molar-refractivity contribution in [2.75, 3.05) is 0 Å². The maximum absolute atomic E-state index is 2.42. The summed E-state index contributed by atoms with van der Waals surface area (Å²) in [5, 5.41) is 2.71. The summed E-state index contributed by atoms with van der Waals surface area (Å²) in [5.74, 6) is 0.639. The third-order valence-electron chi connectivity index (χ3n) is 4.85. The highest BCUT2D eigenvalue weighted by Crippen LogP contribution is 2.35. The van der Waals surface area contributed by atoms with Gasteiger partial charge in [-0.05, 0) is 47.2 Å². The van der Waals surface area contributed by atoms with Crippen molar-refractivity contribution >= 4 is 21.8 Å². The zero-order valence-electron chi connectivity index (χ0n) is 14.6. The Hall–Kier alpha value is -2.54. The van der Waals surface area contributed by atoms with E-state index in [0.29, 0.717) is 5.92 Å². The minimum Gasteiger partial charge on any atom is -0.344 e. The Morgan fingerprint density at radius 3 is 2.25 bits per heavy atom. The molecule has 0 spiro atoms. The van der Waals surface area contributed by atoms with Crippen molar-refractivity contribution in [3.63, 3.8) is 0 Å². The van der Waals surface area contributed by atoms with Crippen LogP contribution in [0.2, 0.25) is 0 Å². The fourth-order valence-electron chi connectivity index (χ4n) is 3.75. The van der Waals surface area contributed by atoms with Crippen LogP contribution in [0.15, 0.2) is 66.7 Å². The Morgan fingerprint density at radius 2 is 1.50 bits per heavy atom. The van der Waals surface area contributed by atoms with Crippen molar-refractivity contribution in [1.29, 1.82) is 0 Å². The fourth-order valence-corrected chi connectivity index (χ4v) is 3.75. The van der Waals surface area contributed by atoms with Crippen LogP contribution in [0.25, 0.3) is 32.9 Å². The second kappa shape index (κ2) is 5.83. The molecule has 1 heteroatoms. The number of hydrogen-bond acceptors (Lipinski definition) is 0. The van der Waals surface area contributed by atoms with Crippen LogP contribution >= 0.6 is 0 Å². The van der Waals surface area contributed by atoms with Gasteiger partial charge >= 0.3 is 0 Å². The summed E-state index contributed by atoms with van der Waals surface area (Å²) in [6.45, 7) is 4.59. The molecule has 0 fully saturated rings. The van der Waals surface area contributed by atoms with E-state index in [1.54, 1.807) is 0 Å². The Kier molecular flexibility index (Phi) is 3.65. The van der Waals surface area contributed by atoms with E-state index >= 15 is 0 Å². The molecular formula is C23H23N. The molecule has 24 heavy (non-hydrogen) atoms. The first-order valence-electron chi connectivity index (χ1n) is 8.70. The molecule has 0 radical (unpaired) electrons. The van der Waals surface area contributed by atoms with Crippen LogP contribution in [0.5, 0.6) is 0 Å². The highest BCUT2D eigenvalue weighted by Gasteiger charge is 2.14. The molecule has 4 rings (SSSR count). The normalized spacial score (nSPS) is 11.7. The second-order valence-corrected chi connectivity index (χ2v) is 7.07. The topological polar surface area (TPSA) is 4.93 Å². The number of aromatic nitrogens is 1. The van der Waals surface area contributed by atoms with Crippen LogP contribution in [-0.4, -0.2) is 4.57 Å². The molecule has 0 unspecified atom stereocenters. The summed E-state index contributed by atoms with van der Waals surface area (Å²) in [6, 6.07) is 24.3. The second-order valence-electron chi connectivity index (χ2n) is 7.07. The Bertz CT molecular complexity index is 1010. The molecule has 0 saturated heterocycles. The van der Waals surface area contributed by atoms with Crippen LogP contribution in [0.3, 0.4) is 0 Å². The molecule has 3 aromatic carbocycles. The van der Waals surface area contributed by atoms with Gasteiger partial charge in [0, 0.05) is 28.9 Å². The Morgan fingerprint density at radius 1 is 0.792 bits per heavy atom. The van der Waals surface area contributed by atoms with Gasteiger partial charge in [-0.25, -0.2) is 0 Å². The molecule has 0 bridgehead atoms. The zero-order valence-corrected chi connectivity index (χ0v) is 14.6. The molecule has 0 saturated carbocycles. The lowest BCUT2D eigenvalue weighted by atomic mass is 9.92. The average molecular weight is 313 g/mol. The van der Waals surface area contributed by atoms with Crippen molar-refractivity contribution in [3.05, 3.63) is 72.3 Å². The summed E-state index contributed by atoms with van der Waals surface area (Å²) < 4.78 is 2.32. The van der Waals surface area contributed by atoms with E-state index in [-0.39, 0.29) is 0 Å². The van der Waals surface area contributed by atoms with Crippen molar-refractivity contribution < 1.29 is 0 Å². The average Bonchev–Trinajstić information content (AvgIpc) is 2.87. The first kappa shape index (κ1) is 15.0. The van der Waals surface area contributed by atoms with E-state index in [1.165, 1.54) is 38.5 Å². The molecule has 120 valence electrons. The number of fused-ring (bicyclic) bond motifs is 3. The molecule has 0 N–H and O–H groups in total. The van der Waals surface area contributed by atoms with Gasteiger partial charge in [0.15, 0.2) is 0 Å². The van der Waals surface area contributed by atoms with Crippen LogP contribution in [0.4, 0.5) is 0 Å². The quantitative estimate of drug-likeness (QED) is 0.424. The molecular weight excluding hydrogens is 290 g/mol. The van der Waals surface area contributed by atoms with Gasteiger partial charge in [0.1, 0.15) is 0 Å². The van der Waals surface area contributed by atoms with Gasteiger partial charge in [-0.2, -0.15) is 0 Å². The van der Waals surface area contributed by atoms with Crippen molar-refractivity contribution in [1.82, 2.24) is 4.57 Å². The van der Waals surface area contributed by atoms with E-state index < -0.39 is 0 Å². The summed E-state index contributed by atoms with van der Waals surface area (Å²) >= 11 is 0. The maximum atomic E-state index is 2.42. The van der Waals surface area contributed by atoms with Gasteiger partial charge in [-0.15, -0.1) is 0 Å². The van der Waals surface area contributed by atoms with Gasteiger partial charge in [0.2, 0.25) is 0 Å². The van der Waals surface area contributed by atoms with Crippen LogP contribution < -0.4 is 0 Å². The molecule has 0 aliphatic rings. The van der Waals surface area contributed by atoms with Crippen molar-refractivity contribution in [3.8, 4) is 11.1 Å². The molecule has 1 aromatic heterocycles. The van der Waals surface area contributed by atoms with Gasteiger partial charge in [-0.1, -0.05) is 62.4 Å². The predicted octanol–water partition coefficient (Wildman–Crippen LogP) is 6.20. The summed E-state index contributed by atoms with van der Waals surface area (Å²) in [5.41, 5.74) is 6.72. The number of aryl methyl sites for hydroxylation is 1. The number of nitrogens with zero attached hydrogens (tertiary/aromatic N) is 1. The number of benzene rings is 3. The van der Waals surface area contributed by atoms with Crippen molar-refractivity contribution in [2.45, 2.75) is 20.3 Å². The van der Waals surface area contributed by atoms with E-state index in [1.807, 2.05) is 0 Å². The molecule has 0 atom stereocenters. The standard InChI is InChI=1S/C23H23N/c1-16(2)13-18-14-21-19-11-7-8-12-22(19)24(3)23(21)15-20(18)17-9-5-4-6-10-17/h4-12,14-16H,13H2,1-3H3. The number of rotatable bonds is 3. The molecule has 4 aromatic rings. The maximum Gasteiger partial charge on any atom is 0.0495 e. The van der Waals surface area contributed by atoms with E-state index in [4.69, 9.17) is 0 Å². The lowest BCUT2D eigenvalue weighted by molar-refractivity contribution is 0.648. The Labute approximate surface area is 143 Å². The van der Waals surface area contributed by atoms with Gasteiger partial charge in [0.25, 0.3) is 0 Å². The molecule has 0 aliphatic carbocycles. The number of para-hydroxylation sites is 1. The third kappa shape index (κ3) is 2.41. The van der Waals surface area contributed by atoms with Crippen LogP contribution in [0.1, 0.15) is 19.4 Å². The molecule has 1 heterocycles. The predicted molar refractivity (Wildman–Crippen MR) is 104 cm³/mol. The first-order valence-corrected chi connectivity index (χ1v) is 8.70. The molecule has 1 nitrogen and oxygen atoms in total. The first-order chi connectivity index (χ1) is 11.6. The largest absolute Gasteiger partial charge is 0.344 e. The van der Waals surface area contributed by atoms with Crippen molar-refractivity contribution in [2.24, 2.45) is 13.0 Å². The number of hydrogen-bond donors (Lipinski definition) is 0. The minimum absolute atomic E-state index is 0.639. The lowest BCUT2D eigenvalue weighted by Crippen LogP contribution is -1.98.